The molecule has 0 bridgehead atoms. The molecule has 0 radical (unpaired) electrons. The summed E-state index contributed by atoms with van der Waals surface area (Å²) < 4.78 is 17.6. The van der Waals surface area contributed by atoms with E-state index in [2.05, 4.69) is 0 Å². The Hall–Kier alpha value is -1.90. The standard InChI is InChI=1S/C14H15FO2/c1-3-12(14(16)17-4-2)8-5-11-6-9-13(15)10-7-11/h3,5-10H,4H2,1-2H3/b8-5+,12-3+. The van der Waals surface area contributed by atoms with E-state index in [1.807, 2.05) is 0 Å². The van der Waals surface area contributed by atoms with Crippen molar-refractivity contribution in [1.29, 1.82) is 0 Å². The first kappa shape index (κ1) is 13.2. The summed E-state index contributed by atoms with van der Waals surface area (Å²) >= 11 is 0. The second-order valence-corrected chi connectivity index (χ2v) is 3.35. The molecular formula is C14H15FO2. The summed E-state index contributed by atoms with van der Waals surface area (Å²) in [6.07, 6.45) is 5.08. The summed E-state index contributed by atoms with van der Waals surface area (Å²) in [6.45, 7) is 3.87. The predicted molar refractivity (Wildman–Crippen MR) is 65.8 cm³/mol. The number of carbonyl (C=O) groups is 1. The number of esters is 1. The molecule has 1 rings (SSSR count). The van der Waals surface area contributed by atoms with Crippen molar-refractivity contribution in [2.45, 2.75) is 13.8 Å². The molecule has 0 saturated heterocycles. The van der Waals surface area contributed by atoms with Gasteiger partial charge >= 0.3 is 5.97 Å². The number of hydrogen-bond acceptors (Lipinski definition) is 2. The van der Waals surface area contributed by atoms with Gasteiger partial charge in [0.05, 0.1) is 12.2 Å². The van der Waals surface area contributed by atoms with Crippen LogP contribution in [0.15, 0.2) is 42.0 Å². The molecule has 1 aromatic carbocycles. The van der Waals surface area contributed by atoms with Crippen LogP contribution in [0.2, 0.25) is 0 Å². The van der Waals surface area contributed by atoms with E-state index in [0.29, 0.717) is 12.2 Å². The lowest BCUT2D eigenvalue weighted by Crippen LogP contribution is -2.05. The zero-order valence-electron chi connectivity index (χ0n) is 9.94. The number of halogens is 1. The van der Waals surface area contributed by atoms with Crippen molar-refractivity contribution in [2.75, 3.05) is 6.61 Å². The Balaban J connectivity index is 2.75. The highest BCUT2D eigenvalue weighted by molar-refractivity contribution is 5.92. The highest BCUT2D eigenvalue weighted by Crippen LogP contribution is 2.08. The van der Waals surface area contributed by atoms with Crippen LogP contribution in [0.5, 0.6) is 0 Å². The molecule has 0 aliphatic carbocycles. The maximum Gasteiger partial charge on any atom is 0.337 e. The van der Waals surface area contributed by atoms with Crippen molar-refractivity contribution in [3.8, 4) is 0 Å². The van der Waals surface area contributed by atoms with Crippen LogP contribution in [0.1, 0.15) is 19.4 Å². The summed E-state index contributed by atoms with van der Waals surface area (Å²) in [6, 6.07) is 6.03. The van der Waals surface area contributed by atoms with Crippen LogP contribution in [0, 0.1) is 5.82 Å². The lowest BCUT2D eigenvalue weighted by atomic mass is 10.1. The van der Waals surface area contributed by atoms with E-state index in [1.54, 1.807) is 44.2 Å². The average Bonchev–Trinajstić information content (AvgIpc) is 2.32. The summed E-state index contributed by atoms with van der Waals surface area (Å²) in [7, 11) is 0. The van der Waals surface area contributed by atoms with Gasteiger partial charge < -0.3 is 4.74 Å². The van der Waals surface area contributed by atoms with Gasteiger partial charge in [0.25, 0.3) is 0 Å². The van der Waals surface area contributed by atoms with Crippen molar-refractivity contribution in [3.05, 3.63) is 53.4 Å². The van der Waals surface area contributed by atoms with Crippen molar-refractivity contribution in [3.63, 3.8) is 0 Å². The third-order valence-corrected chi connectivity index (χ3v) is 2.15. The van der Waals surface area contributed by atoms with E-state index in [1.165, 1.54) is 12.1 Å². The Kier molecular flexibility index (Phi) is 5.14. The zero-order valence-corrected chi connectivity index (χ0v) is 9.94. The minimum Gasteiger partial charge on any atom is -0.462 e. The lowest BCUT2D eigenvalue weighted by Gasteiger charge is -2.01. The highest BCUT2D eigenvalue weighted by atomic mass is 19.1. The molecule has 0 fully saturated rings. The van der Waals surface area contributed by atoms with Crippen molar-refractivity contribution >= 4 is 12.0 Å². The molecule has 0 amide bonds. The van der Waals surface area contributed by atoms with Gasteiger partial charge in [-0.2, -0.15) is 0 Å². The van der Waals surface area contributed by atoms with E-state index in [9.17, 15) is 9.18 Å². The van der Waals surface area contributed by atoms with E-state index >= 15 is 0 Å². The first-order valence-electron chi connectivity index (χ1n) is 5.44. The van der Waals surface area contributed by atoms with Crippen LogP contribution in [0.4, 0.5) is 4.39 Å². The monoisotopic (exact) mass is 234 g/mol. The molecule has 0 atom stereocenters. The fourth-order valence-electron chi connectivity index (χ4n) is 1.26. The molecule has 1 aromatic rings. The molecule has 0 heterocycles. The first-order chi connectivity index (χ1) is 8.17. The van der Waals surface area contributed by atoms with Crippen LogP contribution >= 0.6 is 0 Å². The van der Waals surface area contributed by atoms with E-state index in [-0.39, 0.29) is 11.8 Å². The molecule has 0 spiro atoms. The molecule has 0 aliphatic heterocycles. The van der Waals surface area contributed by atoms with Crippen molar-refractivity contribution in [2.24, 2.45) is 0 Å². The molecule has 0 unspecified atom stereocenters. The summed E-state index contributed by atoms with van der Waals surface area (Å²) in [4.78, 5) is 11.4. The highest BCUT2D eigenvalue weighted by Gasteiger charge is 2.04. The third kappa shape index (κ3) is 4.23. The number of carbonyl (C=O) groups excluding carboxylic acids is 1. The first-order valence-corrected chi connectivity index (χ1v) is 5.44. The van der Waals surface area contributed by atoms with Crippen molar-refractivity contribution in [1.82, 2.24) is 0 Å². The van der Waals surface area contributed by atoms with Crippen LogP contribution in [0.3, 0.4) is 0 Å². The van der Waals surface area contributed by atoms with Gasteiger partial charge in [-0.3, -0.25) is 0 Å². The Morgan fingerprint density at radius 1 is 1.35 bits per heavy atom. The zero-order chi connectivity index (χ0) is 12.7. The lowest BCUT2D eigenvalue weighted by molar-refractivity contribution is -0.138. The molecule has 0 aromatic heterocycles. The predicted octanol–water partition coefficient (Wildman–Crippen LogP) is 3.35. The quantitative estimate of drug-likeness (QED) is 0.453. The number of benzene rings is 1. The molecule has 90 valence electrons. The maximum absolute atomic E-state index is 12.7. The number of ether oxygens (including phenoxy) is 1. The van der Waals surface area contributed by atoms with Crippen LogP contribution in [-0.2, 0) is 9.53 Å². The maximum atomic E-state index is 12.7. The van der Waals surface area contributed by atoms with Gasteiger partial charge in [-0.15, -0.1) is 0 Å². The van der Waals surface area contributed by atoms with Crippen LogP contribution < -0.4 is 0 Å². The summed E-state index contributed by atoms with van der Waals surface area (Å²) in [5.74, 6) is -0.632. The smallest absolute Gasteiger partial charge is 0.337 e. The second kappa shape index (κ2) is 6.63. The van der Waals surface area contributed by atoms with E-state index in [0.717, 1.165) is 5.56 Å². The third-order valence-electron chi connectivity index (χ3n) is 2.15. The van der Waals surface area contributed by atoms with Crippen LogP contribution in [0.25, 0.3) is 6.08 Å². The Labute approximate surface area is 100 Å². The average molecular weight is 234 g/mol. The van der Waals surface area contributed by atoms with Gasteiger partial charge in [0.15, 0.2) is 0 Å². The molecular weight excluding hydrogens is 219 g/mol. The Bertz CT molecular complexity index is 430. The number of hydrogen-bond donors (Lipinski definition) is 0. The van der Waals surface area contributed by atoms with Gasteiger partial charge in [-0.1, -0.05) is 24.3 Å². The Morgan fingerprint density at radius 3 is 2.53 bits per heavy atom. The summed E-state index contributed by atoms with van der Waals surface area (Å²) in [5.41, 5.74) is 1.31. The second-order valence-electron chi connectivity index (χ2n) is 3.35. The van der Waals surface area contributed by atoms with Gasteiger partial charge in [0.2, 0.25) is 0 Å². The number of rotatable bonds is 4. The Morgan fingerprint density at radius 2 is 2.00 bits per heavy atom. The van der Waals surface area contributed by atoms with Gasteiger partial charge in [-0.25, -0.2) is 9.18 Å². The largest absolute Gasteiger partial charge is 0.462 e. The molecule has 3 heteroatoms. The van der Waals surface area contributed by atoms with E-state index < -0.39 is 0 Å². The van der Waals surface area contributed by atoms with Gasteiger partial charge in [0.1, 0.15) is 5.82 Å². The molecule has 0 aliphatic rings. The van der Waals surface area contributed by atoms with Crippen LogP contribution in [-0.4, -0.2) is 12.6 Å². The normalized spacial score (nSPS) is 11.8. The number of allylic oxidation sites excluding steroid dienone is 1. The van der Waals surface area contributed by atoms with Gasteiger partial charge in [-0.05, 0) is 37.6 Å². The van der Waals surface area contributed by atoms with Crippen molar-refractivity contribution < 1.29 is 13.9 Å². The topological polar surface area (TPSA) is 26.3 Å². The molecule has 0 saturated carbocycles. The minimum absolute atomic E-state index is 0.279. The minimum atomic E-state index is -0.353. The fourth-order valence-corrected chi connectivity index (χ4v) is 1.26. The fraction of sp³-hybridized carbons (Fsp3) is 0.214. The molecule has 2 nitrogen and oxygen atoms in total. The van der Waals surface area contributed by atoms with Gasteiger partial charge in [0, 0.05) is 0 Å². The van der Waals surface area contributed by atoms with E-state index in [4.69, 9.17) is 4.74 Å². The molecule has 0 N–H and O–H groups in total. The molecule has 17 heavy (non-hydrogen) atoms. The SMILES string of the molecule is C/C=C(\C=C\c1ccc(F)cc1)C(=O)OCC. The summed E-state index contributed by atoms with van der Waals surface area (Å²) in [5, 5.41) is 0.